The second-order valence-corrected chi connectivity index (χ2v) is 20.3. The van der Waals surface area contributed by atoms with Crippen molar-refractivity contribution in [2.24, 2.45) is 0 Å². The first-order valence-electron chi connectivity index (χ1n) is 29.4. The fourth-order valence-electron chi connectivity index (χ4n) is 9.20. The molecular formula is C60H115NO5. The number of hydrogen-bond donors (Lipinski definition) is 5. The van der Waals surface area contributed by atoms with E-state index >= 15 is 0 Å². The minimum absolute atomic E-state index is 0.362. The van der Waals surface area contributed by atoms with Gasteiger partial charge in [0.15, 0.2) is 0 Å². The molecule has 6 nitrogen and oxygen atoms in total. The Labute approximate surface area is 411 Å². The molecule has 0 aliphatic rings. The highest BCUT2D eigenvalue weighted by atomic mass is 16.3. The summed E-state index contributed by atoms with van der Waals surface area (Å²) in [4.78, 5) is 12.6. The van der Waals surface area contributed by atoms with Gasteiger partial charge in [-0.15, -0.1) is 0 Å². The third kappa shape index (κ3) is 47.6. The summed E-state index contributed by atoms with van der Waals surface area (Å²) >= 11 is 0. The van der Waals surface area contributed by atoms with E-state index in [0.29, 0.717) is 19.3 Å². The second kappa shape index (κ2) is 54.5. The predicted molar refractivity (Wildman–Crippen MR) is 288 cm³/mol. The molecule has 6 heteroatoms. The normalized spacial score (nSPS) is 14.0. The van der Waals surface area contributed by atoms with E-state index in [1.807, 2.05) is 0 Å². The zero-order valence-electron chi connectivity index (χ0n) is 44.2. The van der Waals surface area contributed by atoms with E-state index in [4.69, 9.17) is 0 Å². The van der Waals surface area contributed by atoms with E-state index in [-0.39, 0.29) is 0 Å². The quantitative estimate of drug-likeness (QED) is 0.0308. The van der Waals surface area contributed by atoms with E-state index in [1.165, 1.54) is 225 Å². The second-order valence-electron chi connectivity index (χ2n) is 20.3. The molecule has 5 N–H and O–H groups in total. The SMILES string of the molecule is CCCCCCCCCCCCCCCCCCCC/C=C/CC/C=C/CC/C=C/CCCC(O)C(O)C(CO)NC(=O)C(O)CCCCCCCCCCCCCCCCCCCCC. The van der Waals surface area contributed by atoms with Gasteiger partial charge in [0.05, 0.1) is 18.8 Å². The van der Waals surface area contributed by atoms with Gasteiger partial charge in [-0.3, -0.25) is 4.79 Å². The van der Waals surface area contributed by atoms with Crippen LogP contribution in [0.25, 0.3) is 0 Å². The van der Waals surface area contributed by atoms with Gasteiger partial charge in [0, 0.05) is 0 Å². The molecule has 0 rings (SSSR count). The van der Waals surface area contributed by atoms with Crippen LogP contribution in [0.1, 0.15) is 309 Å². The van der Waals surface area contributed by atoms with Crippen LogP contribution in [0.15, 0.2) is 36.5 Å². The fraction of sp³-hybridized carbons (Fsp3) is 0.883. The molecule has 4 atom stereocenters. The molecular weight excluding hydrogens is 815 g/mol. The number of nitrogens with one attached hydrogen (secondary N) is 1. The van der Waals surface area contributed by atoms with Crippen molar-refractivity contribution in [1.82, 2.24) is 5.32 Å². The Bertz CT molecular complexity index is 1040. The van der Waals surface area contributed by atoms with Crippen LogP contribution in [0.5, 0.6) is 0 Å². The molecule has 1 amide bonds. The van der Waals surface area contributed by atoms with Crippen LogP contribution in [-0.2, 0) is 4.79 Å². The van der Waals surface area contributed by atoms with E-state index in [0.717, 1.165) is 51.4 Å². The van der Waals surface area contributed by atoms with E-state index in [1.54, 1.807) is 0 Å². The molecule has 0 aromatic carbocycles. The summed E-state index contributed by atoms with van der Waals surface area (Å²) in [5.74, 6) is -0.595. The van der Waals surface area contributed by atoms with Gasteiger partial charge in [-0.25, -0.2) is 0 Å². The van der Waals surface area contributed by atoms with Crippen molar-refractivity contribution in [2.45, 2.75) is 334 Å². The summed E-state index contributed by atoms with van der Waals surface area (Å²) in [6, 6.07) is -1.01. The molecule has 0 radical (unpaired) electrons. The first kappa shape index (κ1) is 64.5. The molecule has 0 aromatic heterocycles. The van der Waals surface area contributed by atoms with Gasteiger partial charge in [0.1, 0.15) is 12.2 Å². The van der Waals surface area contributed by atoms with Crippen molar-refractivity contribution >= 4 is 5.91 Å². The van der Waals surface area contributed by atoms with Gasteiger partial charge in [-0.1, -0.05) is 281 Å². The highest BCUT2D eigenvalue weighted by molar-refractivity contribution is 5.80. The molecule has 4 unspecified atom stereocenters. The summed E-state index contributed by atoms with van der Waals surface area (Å²) in [5.41, 5.74) is 0. The lowest BCUT2D eigenvalue weighted by Gasteiger charge is -2.27. The first-order chi connectivity index (χ1) is 32.5. The lowest BCUT2D eigenvalue weighted by molar-refractivity contribution is -0.132. The van der Waals surface area contributed by atoms with Crippen LogP contribution >= 0.6 is 0 Å². The van der Waals surface area contributed by atoms with Crippen LogP contribution in [0, 0.1) is 0 Å². The Morgan fingerprint density at radius 2 is 0.636 bits per heavy atom. The molecule has 390 valence electrons. The van der Waals surface area contributed by atoms with Crippen molar-refractivity contribution in [2.75, 3.05) is 6.61 Å². The summed E-state index contributed by atoms with van der Waals surface area (Å²) in [5, 5.41) is 44.0. The molecule has 0 aromatic rings. The number of hydrogen-bond acceptors (Lipinski definition) is 5. The highest BCUT2D eigenvalue weighted by Gasteiger charge is 2.28. The Hall–Kier alpha value is -1.47. The molecule has 0 fully saturated rings. The smallest absolute Gasteiger partial charge is 0.249 e. The van der Waals surface area contributed by atoms with Crippen molar-refractivity contribution < 1.29 is 25.2 Å². The van der Waals surface area contributed by atoms with Crippen LogP contribution in [0.2, 0.25) is 0 Å². The number of carbonyl (C=O) groups excluding carboxylic acids is 1. The molecule has 66 heavy (non-hydrogen) atoms. The van der Waals surface area contributed by atoms with Crippen molar-refractivity contribution in [3.8, 4) is 0 Å². The van der Waals surface area contributed by atoms with Crippen molar-refractivity contribution in [3.05, 3.63) is 36.5 Å². The molecule has 0 aliphatic heterocycles. The average Bonchev–Trinajstić information content (AvgIpc) is 3.32. The van der Waals surface area contributed by atoms with Gasteiger partial charge in [0.2, 0.25) is 5.91 Å². The summed E-state index contributed by atoms with van der Waals surface area (Å²) in [7, 11) is 0. The number of unbranched alkanes of at least 4 members (excludes halogenated alkanes) is 39. The summed E-state index contributed by atoms with van der Waals surface area (Å²) in [6.07, 6.45) is 68.0. The Kier molecular flexibility index (Phi) is 53.3. The van der Waals surface area contributed by atoms with Gasteiger partial charge < -0.3 is 25.7 Å². The number of amides is 1. The van der Waals surface area contributed by atoms with E-state index < -0.39 is 36.9 Å². The Morgan fingerprint density at radius 1 is 0.364 bits per heavy atom. The molecule has 0 spiro atoms. The number of rotatable bonds is 54. The fourth-order valence-corrected chi connectivity index (χ4v) is 9.20. The number of aliphatic hydroxyl groups is 4. The highest BCUT2D eigenvalue weighted by Crippen LogP contribution is 2.18. The van der Waals surface area contributed by atoms with Crippen LogP contribution < -0.4 is 5.32 Å². The monoisotopic (exact) mass is 930 g/mol. The third-order valence-electron chi connectivity index (χ3n) is 13.8. The molecule has 0 heterocycles. The number of aliphatic hydroxyl groups excluding tert-OH is 4. The standard InChI is InChI=1S/C60H115NO5/c1-3-5-7-9-11-13-15-17-19-21-23-24-25-26-27-28-29-30-31-32-33-34-36-37-39-41-43-45-47-49-51-53-57(63)59(65)56(55-62)61-60(66)58(64)54-52-50-48-46-44-42-40-38-35-22-20-18-16-14-12-10-8-6-4-2/h32-33,37,39,45,47,56-59,62-65H,3-31,34-36,38,40-44,46,48-55H2,1-2H3,(H,61,66)/b33-32+,39-37+,47-45+. The van der Waals surface area contributed by atoms with Gasteiger partial charge >= 0.3 is 0 Å². The Balaban J connectivity index is 3.67. The molecule has 0 saturated carbocycles. The molecule has 0 saturated heterocycles. The minimum atomic E-state index is -1.29. The molecule has 0 aliphatic carbocycles. The topological polar surface area (TPSA) is 110 Å². The first-order valence-corrected chi connectivity index (χ1v) is 29.4. The molecule has 0 bridgehead atoms. The third-order valence-corrected chi connectivity index (χ3v) is 13.8. The van der Waals surface area contributed by atoms with E-state index in [9.17, 15) is 25.2 Å². The van der Waals surface area contributed by atoms with Crippen molar-refractivity contribution in [3.63, 3.8) is 0 Å². The average molecular weight is 931 g/mol. The minimum Gasteiger partial charge on any atom is -0.394 e. The lowest BCUT2D eigenvalue weighted by Crippen LogP contribution is -2.53. The number of allylic oxidation sites excluding steroid dienone is 6. The maximum absolute atomic E-state index is 12.6. The van der Waals surface area contributed by atoms with Crippen LogP contribution in [0.4, 0.5) is 0 Å². The van der Waals surface area contributed by atoms with E-state index in [2.05, 4.69) is 55.6 Å². The lowest BCUT2D eigenvalue weighted by atomic mass is 10.00. The summed E-state index contributed by atoms with van der Waals surface area (Å²) in [6.45, 7) is 4.07. The van der Waals surface area contributed by atoms with Crippen molar-refractivity contribution in [1.29, 1.82) is 0 Å². The summed E-state index contributed by atoms with van der Waals surface area (Å²) < 4.78 is 0. The maximum atomic E-state index is 12.6. The predicted octanol–water partition coefficient (Wildman–Crippen LogP) is 17.2. The maximum Gasteiger partial charge on any atom is 0.249 e. The van der Waals surface area contributed by atoms with Crippen LogP contribution in [-0.4, -0.2) is 57.3 Å². The zero-order chi connectivity index (χ0) is 48.1. The largest absolute Gasteiger partial charge is 0.394 e. The van der Waals surface area contributed by atoms with Gasteiger partial charge in [-0.05, 0) is 64.2 Å². The van der Waals surface area contributed by atoms with Crippen LogP contribution in [0.3, 0.4) is 0 Å². The Morgan fingerprint density at radius 3 is 0.955 bits per heavy atom. The van der Waals surface area contributed by atoms with Gasteiger partial charge in [-0.2, -0.15) is 0 Å². The van der Waals surface area contributed by atoms with Gasteiger partial charge in [0.25, 0.3) is 0 Å². The zero-order valence-corrected chi connectivity index (χ0v) is 44.2. The number of carbonyl (C=O) groups is 1.